The number of nitrogens with one attached hydrogen (secondary N) is 2. The summed E-state index contributed by atoms with van der Waals surface area (Å²) >= 11 is 1.45. The molecule has 0 amide bonds. The van der Waals surface area contributed by atoms with Crippen LogP contribution in [0.5, 0.6) is 0 Å². The fourth-order valence-electron chi connectivity index (χ4n) is 2.85. The first kappa shape index (κ1) is 16.4. The molecule has 0 saturated carbocycles. The molecule has 2 aromatic rings. The number of piperidine rings is 1. The Morgan fingerprint density at radius 2 is 2.24 bits per heavy atom. The van der Waals surface area contributed by atoms with Gasteiger partial charge in [-0.2, -0.15) is 0 Å². The molecule has 1 saturated heterocycles. The van der Waals surface area contributed by atoms with Crippen molar-refractivity contribution in [3.8, 4) is 0 Å². The average Bonchev–Trinajstić information content (AvgIpc) is 2.90. The Labute approximate surface area is 134 Å². The molecule has 0 unspecified atom stereocenters. The summed E-state index contributed by atoms with van der Waals surface area (Å²) in [7, 11) is 2.01. The van der Waals surface area contributed by atoms with Crippen LogP contribution in [0.15, 0.2) is 16.2 Å². The number of fused-ring (bicyclic) bond motifs is 1. The summed E-state index contributed by atoms with van der Waals surface area (Å²) < 4.78 is 0.724. The Morgan fingerprint density at radius 3 is 2.95 bits per heavy atom. The molecule has 3 rings (SSSR count). The van der Waals surface area contributed by atoms with Gasteiger partial charge in [-0.05, 0) is 56.9 Å². The molecule has 1 aliphatic heterocycles. The Hall–Kier alpha value is -0.950. The Balaban J connectivity index is 0.00000161. The van der Waals surface area contributed by atoms with Gasteiger partial charge in [0.15, 0.2) is 0 Å². The number of rotatable bonds is 4. The predicted molar refractivity (Wildman–Crippen MR) is 89.4 cm³/mol. The van der Waals surface area contributed by atoms with Crippen molar-refractivity contribution in [2.45, 2.75) is 19.4 Å². The van der Waals surface area contributed by atoms with E-state index in [0.29, 0.717) is 0 Å². The van der Waals surface area contributed by atoms with Gasteiger partial charge >= 0.3 is 0 Å². The number of aromatic amines is 1. The van der Waals surface area contributed by atoms with Gasteiger partial charge in [-0.1, -0.05) is 0 Å². The molecule has 116 valence electrons. The first-order chi connectivity index (χ1) is 9.76. The molecule has 0 aliphatic carbocycles. The van der Waals surface area contributed by atoms with Gasteiger partial charge in [0.25, 0.3) is 5.56 Å². The highest BCUT2D eigenvalue weighted by Gasteiger charge is 2.19. The molecule has 0 radical (unpaired) electrons. The Kier molecular flexibility index (Phi) is 5.75. The number of aromatic nitrogens is 2. The van der Waals surface area contributed by atoms with Crippen LogP contribution >= 0.6 is 23.7 Å². The first-order valence-electron chi connectivity index (χ1n) is 7.09. The number of thiophene rings is 1. The molecule has 1 fully saturated rings. The molecule has 3 heterocycles. The van der Waals surface area contributed by atoms with Crippen molar-refractivity contribution in [2.75, 3.05) is 26.7 Å². The van der Waals surface area contributed by atoms with E-state index in [2.05, 4.69) is 20.2 Å². The second-order valence-electron chi connectivity index (χ2n) is 5.42. The van der Waals surface area contributed by atoms with Crippen molar-refractivity contribution in [2.24, 2.45) is 5.92 Å². The molecule has 5 nitrogen and oxygen atoms in total. The standard InChI is InChI=1S/C14H20N4OS.ClH/c1-15-8-10-2-5-18(6-3-10)9-12-16-11-4-7-20-13(11)14(19)17-12;/h4,7,10,15H,2-3,5-6,8-9H2,1H3,(H,16,17,19);1H. The zero-order valence-corrected chi connectivity index (χ0v) is 13.7. The van der Waals surface area contributed by atoms with Crippen LogP contribution in [-0.2, 0) is 6.54 Å². The van der Waals surface area contributed by atoms with Gasteiger partial charge in [0.1, 0.15) is 10.5 Å². The van der Waals surface area contributed by atoms with E-state index in [9.17, 15) is 4.79 Å². The summed E-state index contributed by atoms with van der Waals surface area (Å²) in [6.07, 6.45) is 2.43. The van der Waals surface area contributed by atoms with Crippen molar-refractivity contribution in [1.29, 1.82) is 0 Å². The minimum Gasteiger partial charge on any atom is -0.319 e. The van der Waals surface area contributed by atoms with Crippen LogP contribution in [-0.4, -0.2) is 41.5 Å². The van der Waals surface area contributed by atoms with Gasteiger partial charge in [-0.25, -0.2) is 4.98 Å². The smallest absolute Gasteiger partial charge is 0.268 e. The fraction of sp³-hybridized carbons (Fsp3) is 0.571. The summed E-state index contributed by atoms with van der Waals surface area (Å²) in [5.74, 6) is 1.57. The topological polar surface area (TPSA) is 61.0 Å². The van der Waals surface area contributed by atoms with E-state index in [4.69, 9.17) is 0 Å². The Morgan fingerprint density at radius 1 is 1.48 bits per heavy atom. The normalized spacial score (nSPS) is 17.0. The third-order valence-electron chi connectivity index (χ3n) is 3.94. The maximum absolute atomic E-state index is 11.9. The zero-order valence-electron chi connectivity index (χ0n) is 12.1. The van der Waals surface area contributed by atoms with E-state index in [1.807, 2.05) is 18.5 Å². The van der Waals surface area contributed by atoms with Crippen LogP contribution < -0.4 is 10.9 Å². The zero-order chi connectivity index (χ0) is 13.9. The number of halogens is 1. The highest BCUT2D eigenvalue weighted by Crippen LogP contribution is 2.18. The third kappa shape index (κ3) is 3.83. The summed E-state index contributed by atoms with van der Waals surface area (Å²) in [5.41, 5.74) is 0.809. The van der Waals surface area contributed by atoms with Gasteiger partial charge in [0, 0.05) is 0 Å². The van der Waals surface area contributed by atoms with Crippen LogP contribution in [0.2, 0.25) is 0 Å². The number of likely N-dealkylation sites (tertiary alicyclic amines) is 1. The number of nitrogens with zero attached hydrogens (tertiary/aromatic N) is 2. The molecular weight excluding hydrogens is 308 g/mol. The number of H-pyrrole nitrogens is 1. The molecule has 2 N–H and O–H groups in total. The highest BCUT2D eigenvalue weighted by atomic mass is 35.5. The maximum Gasteiger partial charge on any atom is 0.268 e. The lowest BCUT2D eigenvalue weighted by atomic mass is 9.97. The molecule has 21 heavy (non-hydrogen) atoms. The second kappa shape index (κ2) is 7.35. The molecule has 0 atom stereocenters. The van der Waals surface area contributed by atoms with Crippen molar-refractivity contribution in [3.05, 3.63) is 27.6 Å². The second-order valence-corrected chi connectivity index (χ2v) is 6.34. The molecule has 2 aromatic heterocycles. The van der Waals surface area contributed by atoms with Crippen LogP contribution in [0.1, 0.15) is 18.7 Å². The maximum atomic E-state index is 11.9. The quantitative estimate of drug-likeness (QED) is 0.899. The van der Waals surface area contributed by atoms with Crippen molar-refractivity contribution >= 4 is 34.0 Å². The van der Waals surface area contributed by atoms with Crippen LogP contribution in [0.4, 0.5) is 0 Å². The lowest BCUT2D eigenvalue weighted by molar-refractivity contribution is 0.173. The van der Waals surface area contributed by atoms with E-state index in [-0.39, 0.29) is 18.0 Å². The van der Waals surface area contributed by atoms with Gasteiger partial charge in [0.05, 0.1) is 12.1 Å². The molecule has 1 aliphatic rings. The van der Waals surface area contributed by atoms with E-state index < -0.39 is 0 Å². The molecule has 0 aromatic carbocycles. The van der Waals surface area contributed by atoms with Crippen molar-refractivity contribution in [1.82, 2.24) is 20.2 Å². The third-order valence-corrected chi connectivity index (χ3v) is 4.84. The summed E-state index contributed by atoms with van der Waals surface area (Å²) in [6, 6.07) is 1.91. The van der Waals surface area contributed by atoms with E-state index >= 15 is 0 Å². The first-order valence-corrected chi connectivity index (χ1v) is 7.97. The van der Waals surface area contributed by atoms with Gasteiger partial charge in [-0.3, -0.25) is 9.69 Å². The molecule has 7 heteroatoms. The monoisotopic (exact) mass is 328 g/mol. The van der Waals surface area contributed by atoms with Crippen molar-refractivity contribution in [3.63, 3.8) is 0 Å². The molecule has 0 spiro atoms. The minimum absolute atomic E-state index is 0. The van der Waals surface area contributed by atoms with E-state index in [1.54, 1.807) is 0 Å². The van der Waals surface area contributed by atoms with Crippen LogP contribution in [0.3, 0.4) is 0 Å². The van der Waals surface area contributed by atoms with E-state index in [0.717, 1.165) is 48.1 Å². The number of hydrogen-bond donors (Lipinski definition) is 2. The summed E-state index contributed by atoms with van der Waals surface area (Å²) in [5, 5.41) is 5.17. The van der Waals surface area contributed by atoms with Gasteiger partial charge in [-0.15, -0.1) is 23.7 Å². The highest BCUT2D eigenvalue weighted by molar-refractivity contribution is 7.17. The van der Waals surface area contributed by atoms with Crippen LogP contribution in [0.25, 0.3) is 10.2 Å². The van der Waals surface area contributed by atoms with Crippen molar-refractivity contribution < 1.29 is 0 Å². The summed E-state index contributed by atoms with van der Waals surface area (Å²) in [6.45, 7) is 4.01. The van der Waals surface area contributed by atoms with E-state index in [1.165, 1.54) is 24.2 Å². The lowest BCUT2D eigenvalue weighted by Gasteiger charge is -2.31. The number of hydrogen-bond acceptors (Lipinski definition) is 5. The average molecular weight is 329 g/mol. The Bertz CT molecular complexity index is 633. The molecular formula is C14H21ClN4OS. The predicted octanol–water partition coefficient (Wildman–Crippen LogP) is 1.84. The van der Waals surface area contributed by atoms with Gasteiger partial charge < -0.3 is 10.3 Å². The molecule has 0 bridgehead atoms. The SMILES string of the molecule is CNCC1CCN(Cc2nc3ccsc3c(=O)[nH]2)CC1.Cl. The minimum atomic E-state index is -0.00920. The fourth-order valence-corrected chi connectivity index (χ4v) is 3.57. The van der Waals surface area contributed by atoms with Crippen LogP contribution in [0, 0.1) is 5.92 Å². The summed E-state index contributed by atoms with van der Waals surface area (Å²) in [4.78, 5) is 21.8. The lowest BCUT2D eigenvalue weighted by Crippen LogP contribution is -2.37. The largest absolute Gasteiger partial charge is 0.319 e. The van der Waals surface area contributed by atoms with Gasteiger partial charge in [0.2, 0.25) is 0 Å².